The first-order valence-corrected chi connectivity index (χ1v) is 7.46. The summed E-state index contributed by atoms with van der Waals surface area (Å²) in [6.45, 7) is 7.61. The Morgan fingerprint density at radius 1 is 1.38 bits per heavy atom. The maximum Gasteiger partial charge on any atom is 0.167 e. The molecular formula is C15H24FN3O2. The number of nitrogen functional groups attached to an aromatic ring is 1. The second-order valence-electron chi connectivity index (χ2n) is 5.10. The highest BCUT2D eigenvalue weighted by Gasteiger charge is 2.11. The van der Waals surface area contributed by atoms with Crippen LogP contribution < -0.4 is 15.8 Å². The summed E-state index contributed by atoms with van der Waals surface area (Å²) in [6.07, 6.45) is 0.837. The van der Waals surface area contributed by atoms with Gasteiger partial charge in [-0.05, 0) is 6.42 Å². The van der Waals surface area contributed by atoms with E-state index in [9.17, 15) is 4.39 Å². The van der Waals surface area contributed by atoms with Gasteiger partial charge >= 0.3 is 0 Å². The van der Waals surface area contributed by atoms with Gasteiger partial charge in [0, 0.05) is 38.3 Å². The Morgan fingerprint density at radius 2 is 2.14 bits per heavy atom. The molecule has 118 valence electrons. The van der Waals surface area contributed by atoms with Crippen LogP contribution in [-0.4, -0.2) is 50.9 Å². The number of morpholine rings is 1. The van der Waals surface area contributed by atoms with Gasteiger partial charge in [-0.15, -0.1) is 0 Å². The number of hydrogen-bond donors (Lipinski definition) is 2. The molecule has 1 heterocycles. The molecule has 0 unspecified atom stereocenters. The molecule has 0 aromatic heterocycles. The molecular weight excluding hydrogens is 273 g/mol. The van der Waals surface area contributed by atoms with Crippen molar-refractivity contribution in [3.63, 3.8) is 0 Å². The van der Waals surface area contributed by atoms with Crippen LogP contribution in [0, 0.1) is 5.82 Å². The highest BCUT2D eigenvalue weighted by molar-refractivity contribution is 5.68. The zero-order valence-electron chi connectivity index (χ0n) is 12.5. The van der Waals surface area contributed by atoms with Crippen molar-refractivity contribution < 1.29 is 13.9 Å². The summed E-state index contributed by atoms with van der Waals surface area (Å²) in [7, 11) is 0. The van der Waals surface area contributed by atoms with Gasteiger partial charge in [-0.1, -0.05) is 6.92 Å². The summed E-state index contributed by atoms with van der Waals surface area (Å²) < 4.78 is 24.4. The summed E-state index contributed by atoms with van der Waals surface area (Å²) in [4.78, 5) is 2.32. The normalized spacial score (nSPS) is 15.9. The Kier molecular flexibility index (Phi) is 6.07. The number of benzene rings is 1. The largest absolute Gasteiger partial charge is 0.490 e. The molecule has 0 atom stereocenters. The molecule has 0 aliphatic carbocycles. The Balaban J connectivity index is 1.88. The van der Waals surface area contributed by atoms with E-state index in [1.807, 2.05) is 6.92 Å². The zero-order chi connectivity index (χ0) is 15.1. The van der Waals surface area contributed by atoms with Gasteiger partial charge in [0.2, 0.25) is 0 Å². The molecule has 1 aromatic rings. The van der Waals surface area contributed by atoms with Crippen LogP contribution in [0.5, 0.6) is 5.75 Å². The number of ether oxygens (including phenoxy) is 2. The number of nitrogens with one attached hydrogen (secondary N) is 1. The zero-order valence-corrected chi connectivity index (χ0v) is 12.5. The molecule has 3 N–H and O–H groups in total. The lowest BCUT2D eigenvalue weighted by atomic mass is 10.2. The summed E-state index contributed by atoms with van der Waals surface area (Å²) in [5.41, 5.74) is 6.97. The Morgan fingerprint density at radius 3 is 2.86 bits per heavy atom. The lowest BCUT2D eigenvalue weighted by molar-refractivity contribution is 0.0398. The van der Waals surface area contributed by atoms with Gasteiger partial charge in [-0.2, -0.15) is 0 Å². The fraction of sp³-hybridized carbons (Fsp3) is 0.600. The fourth-order valence-electron chi connectivity index (χ4n) is 2.22. The predicted molar refractivity (Wildman–Crippen MR) is 82.3 cm³/mol. The molecule has 0 radical (unpaired) electrons. The van der Waals surface area contributed by atoms with Crippen molar-refractivity contribution in [1.29, 1.82) is 0 Å². The van der Waals surface area contributed by atoms with Crippen LogP contribution in [0.4, 0.5) is 15.8 Å². The molecule has 0 bridgehead atoms. The molecule has 2 rings (SSSR count). The summed E-state index contributed by atoms with van der Waals surface area (Å²) >= 11 is 0. The minimum atomic E-state index is -0.417. The fourth-order valence-corrected chi connectivity index (χ4v) is 2.22. The van der Waals surface area contributed by atoms with Gasteiger partial charge in [0.05, 0.1) is 31.2 Å². The molecule has 1 fully saturated rings. The molecule has 6 heteroatoms. The van der Waals surface area contributed by atoms with Crippen molar-refractivity contribution in [1.82, 2.24) is 4.90 Å². The van der Waals surface area contributed by atoms with E-state index in [-0.39, 0.29) is 5.75 Å². The van der Waals surface area contributed by atoms with Crippen molar-refractivity contribution in [2.24, 2.45) is 0 Å². The van der Waals surface area contributed by atoms with Gasteiger partial charge < -0.3 is 20.5 Å². The van der Waals surface area contributed by atoms with E-state index in [2.05, 4.69) is 10.2 Å². The topological polar surface area (TPSA) is 59.8 Å². The first-order chi connectivity index (χ1) is 10.2. The second-order valence-corrected chi connectivity index (χ2v) is 5.10. The minimum Gasteiger partial charge on any atom is -0.490 e. The number of anilines is 2. The van der Waals surface area contributed by atoms with Crippen LogP contribution in [0.2, 0.25) is 0 Å². The molecule has 0 saturated carbocycles. The standard InChI is InChI=1S/C15H24FN3O2/c1-2-7-21-15-11-14(13(17)10-12(15)16)18-3-4-19-5-8-20-9-6-19/h10-11,18H,2-9,17H2,1H3. The molecule has 1 aliphatic heterocycles. The van der Waals surface area contributed by atoms with Crippen LogP contribution in [-0.2, 0) is 4.74 Å². The molecule has 21 heavy (non-hydrogen) atoms. The highest BCUT2D eigenvalue weighted by Crippen LogP contribution is 2.28. The van der Waals surface area contributed by atoms with Crippen molar-refractivity contribution in [2.45, 2.75) is 13.3 Å². The second kappa shape index (κ2) is 8.05. The smallest absolute Gasteiger partial charge is 0.167 e. The van der Waals surface area contributed by atoms with Gasteiger partial charge in [0.15, 0.2) is 11.6 Å². The number of rotatable bonds is 7. The van der Waals surface area contributed by atoms with Gasteiger partial charge in [0.25, 0.3) is 0 Å². The van der Waals surface area contributed by atoms with E-state index in [1.54, 1.807) is 6.07 Å². The van der Waals surface area contributed by atoms with E-state index in [0.717, 1.165) is 51.5 Å². The van der Waals surface area contributed by atoms with Crippen molar-refractivity contribution in [3.05, 3.63) is 17.9 Å². The summed E-state index contributed by atoms with van der Waals surface area (Å²) in [5, 5.41) is 3.25. The molecule has 0 amide bonds. The lowest BCUT2D eigenvalue weighted by Crippen LogP contribution is -2.39. The van der Waals surface area contributed by atoms with Crippen LogP contribution in [0.25, 0.3) is 0 Å². The first-order valence-electron chi connectivity index (χ1n) is 7.46. The maximum atomic E-state index is 13.7. The van der Waals surface area contributed by atoms with Gasteiger partial charge in [-0.25, -0.2) is 4.39 Å². The van der Waals surface area contributed by atoms with Crippen molar-refractivity contribution in [2.75, 3.05) is 57.1 Å². The van der Waals surface area contributed by atoms with Crippen LogP contribution >= 0.6 is 0 Å². The summed E-state index contributed by atoms with van der Waals surface area (Å²) in [6, 6.07) is 2.95. The van der Waals surface area contributed by atoms with E-state index in [4.69, 9.17) is 15.2 Å². The summed E-state index contributed by atoms with van der Waals surface area (Å²) in [5.74, 6) is -0.167. The average Bonchev–Trinajstić information content (AvgIpc) is 2.49. The third kappa shape index (κ3) is 4.75. The van der Waals surface area contributed by atoms with Gasteiger partial charge in [0.1, 0.15) is 0 Å². The van der Waals surface area contributed by atoms with E-state index < -0.39 is 5.82 Å². The Bertz CT molecular complexity index is 451. The van der Waals surface area contributed by atoms with E-state index in [0.29, 0.717) is 12.3 Å². The Hall–Kier alpha value is -1.53. The van der Waals surface area contributed by atoms with Crippen molar-refractivity contribution >= 4 is 11.4 Å². The van der Waals surface area contributed by atoms with E-state index >= 15 is 0 Å². The molecule has 5 nitrogen and oxygen atoms in total. The molecule has 0 spiro atoms. The number of halogens is 1. The third-order valence-corrected chi connectivity index (χ3v) is 3.41. The minimum absolute atomic E-state index is 0.250. The molecule has 1 saturated heterocycles. The predicted octanol–water partition coefficient (Wildman–Crippen LogP) is 1.94. The van der Waals surface area contributed by atoms with Gasteiger partial charge in [-0.3, -0.25) is 4.90 Å². The van der Waals surface area contributed by atoms with Crippen LogP contribution in [0.3, 0.4) is 0 Å². The maximum absolute atomic E-state index is 13.7. The van der Waals surface area contributed by atoms with Crippen molar-refractivity contribution in [3.8, 4) is 5.75 Å². The number of nitrogens with two attached hydrogens (primary N) is 1. The van der Waals surface area contributed by atoms with Crippen LogP contribution in [0.1, 0.15) is 13.3 Å². The number of nitrogens with zero attached hydrogens (tertiary/aromatic N) is 1. The quantitative estimate of drug-likeness (QED) is 0.753. The monoisotopic (exact) mass is 297 g/mol. The average molecular weight is 297 g/mol. The number of hydrogen-bond acceptors (Lipinski definition) is 5. The lowest BCUT2D eigenvalue weighted by Gasteiger charge is -2.26. The first kappa shape index (κ1) is 15.9. The van der Waals surface area contributed by atoms with E-state index in [1.165, 1.54) is 6.07 Å². The molecule has 1 aromatic carbocycles. The Labute approximate surface area is 125 Å². The van der Waals surface area contributed by atoms with Crippen LogP contribution in [0.15, 0.2) is 12.1 Å². The SMILES string of the molecule is CCCOc1cc(NCCN2CCOCC2)c(N)cc1F. The third-order valence-electron chi connectivity index (χ3n) is 3.41. The highest BCUT2D eigenvalue weighted by atomic mass is 19.1. The molecule has 1 aliphatic rings.